The Morgan fingerprint density at radius 3 is 2.20 bits per heavy atom. The van der Waals surface area contributed by atoms with Crippen molar-refractivity contribution in [3.8, 4) is 5.75 Å². The fourth-order valence-electron chi connectivity index (χ4n) is 4.19. The molecule has 8 nitrogen and oxygen atoms in total. The van der Waals surface area contributed by atoms with Crippen molar-refractivity contribution < 1.29 is 27.1 Å². The van der Waals surface area contributed by atoms with Crippen molar-refractivity contribution in [1.82, 2.24) is 10.2 Å². The highest BCUT2D eigenvalue weighted by Crippen LogP contribution is 2.28. The second-order valence-corrected chi connectivity index (χ2v) is 12.8. The van der Waals surface area contributed by atoms with Crippen molar-refractivity contribution >= 4 is 39.1 Å². The number of nitrogens with zero attached hydrogens (tertiary/aromatic N) is 2. The maximum atomic E-state index is 14.0. The number of halogens is 2. The van der Waals surface area contributed by atoms with E-state index in [4.69, 9.17) is 16.3 Å². The van der Waals surface area contributed by atoms with Crippen LogP contribution in [0.2, 0.25) is 5.02 Å². The number of nitrogens with one attached hydrogen (secondary N) is 1. The molecule has 0 heterocycles. The summed E-state index contributed by atoms with van der Waals surface area (Å²) in [5.41, 5.74) is 0.185. The molecule has 11 heteroatoms. The molecule has 0 radical (unpaired) electrons. The highest BCUT2D eigenvalue weighted by molar-refractivity contribution is 7.92. The summed E-state index contributed by atoms with van der Waals surface area (Å²) in [7, 11) is -2.79. The van der Waals surface area contributed by atoms with Crippen LogP contribution in [0.3, 0.4) is 0 Å². The minimum absolute atomic E-state index is 0.0405. The Kier molecular flexibility index (Phi) is 10.4. The van der Waals surface area contributed by atoms with Gasteiger partial charge in [-0.2, -0.15) is 0 Å². The summed E-state index contributed by atoms with van der Waals surface area (Å²) in [6.45, 7) is 6.58. The van der Waals surface area contributed by atoms with Gasteiger partial charge in [0.25, 0.3) is 10.0 Å². The molecular formula is C30H35ClFN3O5S. The maximum Gasteiger partial charge on any atom is 0.264 e. The molecule has 2 amide bonds. The second kappa shape index (κ2) is 13.4. The fraction of sp³-hybridized carbons (Fsp3) is 0.333. The zero-order chi connectivity index (χ0) is 30.4. The van der Waals surface area contributed by atoms with Gasteiger partial charge in [-0.15, -0.1) is 0 Å². The Hall–Kier alpha value is -3.63. The third-order valence-corrected chi connectivity index (χ3v) is 8.20. The normalized spacial score (nSPS) is 12.4. The van der Waals surface area contributed by atoms with Crippen LogP contribution in [0.5, 0.6) is 5.75 Å². The van der Waals surface area contributed by atoms with Crippen LogP contribution in [0, 0.1) is 5.82 Å². The largest absolute Gasteiger partial charge is 0.497 e. The molecule has 0 spiro atoms. The summed E-state index contributed by atoms with van der Waals surface area (Å²) in [6, 6.07) is 16.6. The number of carbonyl (C=O) groups is 2. The van der Waals surface area contributed by atoms with Gasteiger partial charge in [0.2, 0.25) is 11.8 Å². The maximum absolute atomic E-state index is 14.0. The molecule has 0 fully saturated rings. The monoisotopic (exact) mass is 603 g/mol. The first-order valence-electron chi connectivity index (χ1n) is 13.0. The highest BCUT2D eigenvalue weighted by Gasteiger charge is 2.34. The summed E-state index contributed by atoms with van der Waals surface area (Å²) in [6.07, 6.45) is 0.261. The molecule has 1 atom stereocenters. The van der Waals surface area contributed by atoms with Crippen LogP contribution in [0.4, 0.5) is 10.1 Å². The van der Waals surface area contributed by atoms with Crippen LogP contribution in [0.1, 0.15) is 39.7 Å². The van der Waals surface area contributed by atoms with Crippen molar-refractivity contribution in [1.29, 1.82) is 0 Å². The van der Waals surface area contributed by atoms with Crippen LogP contribution in [-0.4, -0.2) is 50.4 Å². The topological polar surface area (TPSA) is 96.0 Å². The van der Waals surface area contributed by atoms with Crippen LogP contribution in [0.15, 0.2) is 77.7 Å². The summed E-state index contributed by atoms with van der Waals surface area (Å²) in [5, 5.41) is 3.19. The van der Waals surface area contributed by atoms with E-state index < -0.39 is 39.9 Å². The average molecular weight is 604 g/mol. The Balaban J connectivity index is 2.07. The Morgan fingerprint density at radius 2 is 1.66 bits per heavy atom. The van der Waals surface area contributed by atoms with E-state index in [1.807, 2.05) is 20.8 Å². The number of carbonyl (C=O) groups excluding carboxylic acids is 2. The van der Waals surface area contributed by atoms with Crippen LogP contribution >= 0.6 is 11.6 Å². The Morgan fingerprint density at radius 1 is 1.02 bits per heavy atom. The average Bonchev–Trinajstić information content (AvgIpc) is 2.91. The first-order chi connectivity index (χ1) is 19.2. The lowest BCUT2D eigenvalue weighted by Crippen LogP contribution is -2.55. The van der Waals surface area contributed by atoms with Gasteiger partial charge < -0.3 is 15.0 Å². The highest BCUT2D eigenvalue weighted by atomic mass is 35.5. The zero-order valence-electron chi connectivity index (χ0n) is 23.7. The van der Waals surface area contributed by atoms with Crippen molar-refractivity contribution in [3.63, 3.8) is 0 Å². The minimum Gasteiger partial charge on any atom is -0.497 e. The van der Waals surface area contributed by atoms with Gasteiger partial charge in [-0.3, -0.25) is 13.9 Å². The lowest BCUT2D eigenvalue weighted by Gasteiger charge is -2.34. The van der Waals surface area contributed by atoms with Gasteiger partial charge in [0.15, 0.2) is 0 Å². The number of methoxy groups -OCH3 is 1. The minimum atomic E-state index is -4.26. The summed E-state index contributed by atoms with van der Waals surface area (Å²) in [4.78, 5) is 28.6. The molecule has 0 bridgehead atoms. The van der Waals surface area contributed by atoms with Crippen LogP contribution < -0.4 is 14.4 Å². The molecule has 3 rings (SSSR count). The number of amides is 2. The number of hydrogen-bond acceptors (Lipinski definition) is 5. The van der Waals surface area contributed by atoms with Crippen molar-refractivity contribution in [2.75, 3.05) is 18.0 Å². The predicted molar refractivity (Wildman–Crippen MR) is 158 cm³/mol. The standard InChI is InChI=1S/C30H35ClFN3O5S/c1-6-27(29(37)33-30(2,3)4)34(19-21-10-12-23(32)13-11-21)28(36)20-35(24-9-7-8-22(31)18-24)41(38,39)26-16-14-25(40-5)15-17-26/h7-18,27H,6,19-20H2,1-5H3,(H,33,37)/t27-/m1/s1. The molecular weight excluding hydrogens is 569 g/mol. The van der Waals surface area contributed by atoms with E-state index >= 15 is 0 Å². The van der Waals surface area contributed by atoms with E-state index in [0.717, 1.165) is 4.31 Å². The molecule has 3 aromatic carbocycles. The number of hydrogen-bond donors (Lipinski definition) is 1. The smallest absolute Gasteiger partial charge is 0.264 e. The third kappa shape index (κ3) is 8.43. The second-order valence-electron chi connectivity index (χ2n) is 10.5. The molecule has 0 unspecified atom stereocenters. The van der Waals surface area contributed by atoms with Gasteiger partial charge in [0.1, 0.15) is 24.2 Å². The quantitative estimate of drug-likeness (QED) is 0.316. The number of anilines is 1. The van der Waals surface area contributed by atoms with E-state index in [1.165, 1.54) is 72.7 Å². The molecule has 0 aliphatic rings. The Labute approximate surface area is 246 Å². The van der Waals surface area contributed by atoms with Gasteiger partial charge in [0.05, 0.1) is 17.7 Å². The van der Waals surface area contributed by atoms with E-state index in [9.17, 15) is 22.4 Å². The number of rotatable bonds is 11. The molecule has 0 aliphatic heterocycles. The van der Waals surface area contributed by atoms with E-state index in [-0.39, 0.29) is 34.5 Å². The summed E-state index contributed by atoms with van der Waals surface area (Å²) in [5.74, 6) is -0.984. The van der Waals surface area contributed by atoms with Gasteiger partial charge in [-0.25, -0.2) is 12.8 Å². The molecule has 0 saturated heterocycles. The molecule has 3 aromatic rings. The molecule has 0 aromatic heterocycles. The van der Waals surface area contributed by atoms with Gasteiger partial charge in [-0.1, -0.05) is 36.7 Å². The van der Waals surface area contributed by atoms with E-state index in [2.05, 4.69) is 5.32 Å². The first-order valence-corrected chi connectivity index (χ1v) is 14.8. The van der Waals surface area contributed by atoms with E-state index in [1.54, 1.807) is 19.1 Å². The van der Waals surface area contributed by atoms with Crippen molar-refractivity contribution in [3.05, 3.63) is 89.2 Å². The molecule has 0 saturated carbocycles. The lowest BCUT2D eigenvalue weighted by molar-refractivity contribution is -0.141. The number of sulfonamides is 1. The van der Waals surface area contributed by atoms with Crippen molar-refractivity contribution in [2.45, 2.75) is 57.1 Å². The van der Waals surface area contributed by atoms with Gasteiger partial charge in [-0.05, 0) is 87.4 Å². The van der Waals surface area contributed by atoms with Crippen LogP contribution in [-0.2, 0) is 26.2 Å². The zero-order valence-corrected chi connectivity index (χ0v) is 25.3. The summed E-state index contributed by atoms with van der Waals surface area (Å²) >= 11 is 6.20. The fourth-order valence-corrected chi connectivity index (χ4v) is 5.78. The SMILES string of the molecule is CC[C@H](C(=O)NC(C)(C)C)N(Cc1ccc(F)cc1)C(=O)CN(c1cccc(Cl)c1)S(=O)(=O)c1ccc(OC)cc1. The summed E-state index contributed by atoms with van der Waals surface area (Å²) < 4.78 is 47.6. The predicted octanol–water partition coefficient (Wildman–Crippen LogP) is 5.41. The van der Waals surface area contributed by atoms with Gasteiger partial charge in [0, 0.05) is 17.1 Å². The van der Waals surface area contributed by atoms with Crippen molar-refractivity contribution in [2.24, 2.45) is 0 Å². The lowest BCUT2D eigenvalue weighted by atomic mass is 10.1. The molecule has 0 aliphatic carbocycles. The third-order valence-electron chi connectivity index (χ3n) is 6.17. The molecule has 220 valence electrons. The first kappa shape index (κ1) is 31.9. The Bertz CT molecular complexity index is 1460. The van der Waals surface area contributed by atoms with Gasteiger partial charge >= 0.3 is 0 Å². The van der Waals surface area contributed by atoms with Crippen LogP contribution in [0.25, 0.3) is 0 Å². The van der Waals surface area contributed by atoms with E-state index in [0.29, 0.717) is 11.3 Å². The molecule has 1 N–H and O–H groups in total. The number of ether oxygens (including phenoxy) is 1. The molecule has 41 heavy (non-hydrogen) atoms. The number of benzene rings is 3.